The summed E-state index contributed by atoms with van der Waals surface area (Å²) in [7, 11) is 3.14. The van der Waals surface area contributed by atoms with Gasteiger partial charge in [0, 0.05) is 29.4 Å². The Morgan fingerprint density at radius 1 is 1.22 bits per heavy atom. The van der Waals surface area contributed by atoms with Gasteiger partial charge in [0.25, 0.3) is 0 Å². The summed E-state index contributed by atoms with van der Waals surface area (Å²) in [6, 6.07) is 9.10. The van der Waals surface area contributed by atoms with E-state index in [0.717, 1.165) is 16.6 Å². The van der Waals surface area contributed by atoms with Crippen LogP contribution >= 0.6 is 0 Å². The average molecular weight is 363 g/mol. The van der Waals surface area contributed by atoms with E-state index in [0.29, 0.717) is 23.1 Å². The third-order valence-electron chi connectivity index (χ3n) is 4.16. The fourth-order valence-corrected chi connectivity index (χ4v) is 2.82. The molecule has 0 unspecified atom stereocenters. The molecule has 0 radical (unpaired) electrons. The van der Waals surface area contributed by atoms with Crippen LogP contribution in [0.3, 0.4) is 0 Å². The number of benzene rings is 1. The maximum absolute atomic E-state index is 12.3. The number of anilines is 1. The molecule has 3 heterocycles. The number of nitrogens with zero attached hydrogens (tertiary/aromatic N) is 1. The molecule has 0 atom stereocenters. The smallest absolute Gasteiger partial charge is 0.226 e. The van der Waals surface area contributed by atoms with E-state index in [1.807, 2.05) is 12.1 Å². The van der Waals surface area contributed by atoms with E-state index in [-0.39, 0.29) is 11.5 Å². The molecule has 136 valence electrons. The van der Waals surface area contributed by atoms with Crippen LogP contribution in [-0.4, -0.2) is 30.0 Å². The van der Waals surface area contributed by atoms with Crippen molar-refractivity contribution in [3.8, 4) is 11.5 Å². The van der Waals surface area contributed by atoms with Crippen LogP contribution < -0.4 is 14.8 Å². The third kappa shape index (κ3) is 3.22. The highest BCUT2D eigenvalue weighted by molar-refractivity contribution is 6.09. The van der Waals surface area contributed by atoms with Gasteiger partial charge in [0.15, 0.2) is 5.76 Å². The maximum atomic E-state index is 12.3. The Morgan fingerprint density at radius 3 is 2.93 bits per heavy atom. The summed E-state index contributed by atoms with van der Waals surface area (Å²) in [6.45, 7) is 0. The number of hydrogen-bond donors (Lipinski definition) is 2. The number of carbonyl (C=O) groups excluding carboxylic acids is 1. The van der Waals surface area contributed by atoms with E-state index in [2.05, 4.69) is 15.3 Å². The first-order valence-electron chi connectivity index (χ1n) is 8.24. The predicted octanol–water partition coefficient (Wildman–Crippen LogP) is 3.47. The molecule has 1 aliphatic heterocycles. The van der Waals surface area contributed by atoms with Crippen molar-refractivity contribution in [1.29, 1.82) is 0 Å². The molecule has 3 aromatic rings. The number of carbonyl (C=O) groups is 1. The molecule has 0 bridgehead atoms. The first-order valence-corrected chi connectivity index (χ1v) is 8.24. The Morgan fingerprint density at radius 2 is 2.11 bits per heavy atom. The summed E-state index contributed by atoms with van der Waals surface area (Å²) in [4.78, 5) is 19.6. The molecule has 7 nitrogen and oxygen atoms in total. The van der Waals surface area contributed by atoms with Gasteiger partial charge in [-0.05, 0) is 30.3 Å². The van der Waals surface area contributed by atoms with E-state index in [1.165, 1.54) is 6.08 Å². The minimum atomic E-state index is -0.219. The molecule has 2 N–H and O–H groups in total. The van der Waals surface area contributed by atoms with Crippen molar-refractivity contribution in [2.75, 3.05) is 19.5 Å². The molecular weight excluding hydrogens is 346 g/mol. The Labute approximate surface area is 155 Å². The quantitative estimate of drug-likeness (QED) is 0.675. The molecule has 1 aromatic carbocycles. The van der Waals surface area contributed by atoms with Crippen LogP contribution in [0.2, 0.25) is 0 Å². The molecule has 0 spiro atoms. The number of rotatable bonds is 5. The fraction of sp³-hybridized carbons (Fsp3) is 0.100. The summed E-state index contributed by atoms with van der Waals surface area (Å²) in [5.74, 6) is 1.58. The number of ketones is 1. The van der Waals surface area contributed by atoms with Crippen LogP contribution in [-0.2, 0) is 9.53 Å². The van der Waals surface area contributed by atoms with Crippen LogP contribution in [0.25, 0.3) is 17.1 Å². The number of hydrogen-bond acceptors (Lipinski definition) is 6. The van der Waals surface area contributed by atoms with E-state index >= 15 is 0 Å². The maximum Gasteiger partial charge on any atom is 0.226 e. The van der Waals surface area contributed by atoms with Crippen molar-refractivity contribution in [3.05, 3.63) is 66.0 Å². The highest BCUT2D eigenvalue weighted by Crippen LogP contribution is 2.32. The van der Waals surface area contributed by atoms with Gasteiger partial charge < -0.3 is 24.5 Å². The van der Waals surface area contributed by atoms with Crippen molar-refractivity contribution in [1.82, 2.24) is 9.97 Å². The number of aromatic nitrogens is 2. The summed E-state index contributed by atoms with van der Waals surface area (Å²) in [6.07, 6.45) is 6.60. The highest BCUT2D eigenvalue weighted by atomic mass is 16.5. The van der Waals surface area contributed by atoms with E-state index in [4.69, 9.17) is 14.2 Å². The van der Waals surface area contributed by atoms with Gasteiger partial charge in [-0.1, -0.05) is 0 Å². The van der Waals surface area contributed by atoms with Crippen molar-refractivity contribution >= 4 is 28.6 Å². The second-order valence-electron chi connectivity index (χ2n) is 5.82. The number of allylic oxidation sites excluding steroid dienone is 1. The van der Waals surface area contributed by atoms with E-state index in [9.17, 15) is 4.79 Å². The zero-order valence-corrected chi connectivity index (χ0v) is 14.8. The number of methoxy groups -OCH3 is 2. The first kappa shape index (κ1) is 16.7. The number of nitrogens with one attached hydrogen (secondary N) is 2. The predicted molar refractivity (Wildman–Crippen MR) is 101 cm³/mol. The fourth-order valence-electron chi connectivity index (χ4n) is 2.82. The second-order valence-corrected chi connectivity index (χ2v) is 5.82. The van der Waals surface area contributed by atoms with Gasteiger partial charge in [0.05, 0.1) is 26.0 Å². The van der Waals surface area contributed by atoms with Crippen molar-refractivity contribution in [2.24, 2.45) is 0 Å². The molecule has 2 aromatic heterocycles. The van der Waals surface area contributed by atoms with Crippen LogP contribution in [0.1, 0.15) is 5.56 Å². The van der Waals surface area contributed by atoms with Gasteiger partial charge >= 0.3 is 0 Å². The van der Waals surface area contributed by atoms with Gasteiger partial charge in [-0.25, -0.2) is 4.98 Å². The van der Waals surface area contributed by atoms with Gasteiger partial charge in [-0.3, -0.25) is 4.79 Å². The Balaban J connectivity index is 1.56. The molecule has 0 saturated carbocycles. The molecular formula is C20H17N3O4. The first-order chi connectivity index (χ1) is 13.2. The van der Waals surface area contributed by atoms with Gasteiger partial charge in [0.2, 0.25) is 11.7 Å². The average Bonchev–Trinajstić information content (AvgIpc) is 3.26. The normalized spacial score (nSPS) is 15.0. The SMILES string of the molecule is COc1ccc(NC2=CC(=O)/C(=C\c3c[nH]c4ncccc34)O2)c(OC)c1. The molecule has 0 fully saturated rings. The van der Waals surface area contributed by atoms with Crippen LogP contribution in [0.15, 0.2) is 60.4 Å². The monoisotopic (exact) mass is 363 g/mol. The summed E-state index contributed by atoms with van der Waals surface area (Å²) in [5.41, 5.74) is 2.25. The van der Waals surface area contributed by atoms with Crippen LogP contribution in [0.5, 0.6) is 11.5 Å². The molecule has 0 aliphatic carbocycles. The highest BCUT2D eigenvalue weighted by Gasteiger charge is 2.22. The molecule has 7 heteroatoms. The minimum Gasteiger partial charge on any atom is -0.497 e. The minimum absolute atomic E-state index is 0.219. The summed E-state index contributed by atoms with van der Waals surface area (Å²) >= 11 is 0. The zero-order chi connectivity index (χ0) is 18.8. The standard InChI is InChI=1S/C20H17N3O4/c1-25-13-5-6-15(17(9-13)26-2)23-19-10-16(24)18(27-19)8-12-11-22-20-14(12)4-3-7-21-20/h3-11,23H,1-2H3,(H,21,22)/b18-8+. The van der Waals surface area contributed by atoms with Crippen LogP contribution in [0.4, 0.5) is 5.69 Å². The van der Waals surface area contributed by atoms with E-state index in [1.54, 1.807) is 50.9 Å². The Hall–Kier alpha value is -3.74. The largest absolute Gasteiger partial charge is 0.497 e. The van der Waals surface area contributed by atoms with Gasteiger partial charge in [-0.2, -0.15) is 0 Å². The zero-order valence-electron chi connectivity index (χ0n) is 14.8. The van der Waals surface area contributed by atoms with Crippen molar-refractivity contribution in [3.63, 3.8) is 0 Å². The molecule has 4 rings (SSSR count). The number of ether oxygens (including phenoxy) is 3. The van der Waals surface area contributed by atoms with Crippen molar-refractivity contribution < 1.29 is 19.0 Å². The lowest BCUT2D eigenvalue weighted by molar-refractivity contribution is -0.112. The summed E-state index contributed by atoms with van der Waals surface area (Å²) in [5, 5.41) is 3.98. The number of H-pyrrole nitrogens is 1. The van der Waals surface area contributed by atoms with E-state index < -0.39 is 0 Å². The molecule has 1 aliphatic rings. The number of pyridine rings is 1. The van der Waals surface area contributed by atoms with Gasteiger partial charge in [-0.15, -0.1) is 0 Å². The third-order valence-corrected chi connectivity index (χ3v) is 4.16. The number of fused-ring (bicyclic) bond motifs is 1. The molecule has 0 saturated heterocycles. The summed E-state index contributed by atoms with van der Waals surface area (Å²) < 4.78 is 16.2. The number of aromatic amines is 1. The van der Waals surface area contributed by atoms with Crippen LogP contribution in [0, 0.1) is 0 Å². The lowest BCUT2D eigenvalue weighted by atomic mass is 10.2. The Kier molecular flexibility index (Phi) is 4.25. The lowest BCUT2D eigenvalue weighted by Gasteiger charge is -2.12. The van der Waals surface area contributed by atoms with Gasteiger partial charge in [0.1, 0.15) is 17.1 Å². The molecule has 27 heavy (non-hydrogen) atoms. The Bertz CT molecular complexity index is 1080. The molecule has 0 amide bonds. The second kappa shape index (κ2) is 6.87. The topological polar surface area (TPSA) is 85.5 Å². The van der Waals surface area contributed by atoms with Crippen molar-refractivity contribution in [2.45, 2.75) is 0 Å². The lowest BCUT2D eigenvalue weighted by Crippen LogP contribution is -2.01.